The van der Waals surface area contributed by atoms with Crippen LogP contribution in [0.15, 0.2) is 30.3 Å². The summed E-state index contributed by atoms with van der Waals surface area (Å²) in [5.74, 6) is 0.272. The van der Waals surface area contributed by atoms with E-state index in [1.165, 1.54) is 0 Å². The molecule has 0 saturated carbocycles. The molecule has 0 saturated heterocycles. The third-order valence-corrected chi connectivity index (χ3v) is 2.10. The third-order valence-electron chi connectivity index (χ3n) is 2.10. The van der Waals surface area contributed by atoms with Gasteiger partial charge in [-0.15, -0.1) is 0 Å². The summed E-state index contributed by atoms with van der Waals surface area (Å²) >= 11 is 0. The van der Waals surface area contributed by atoms with Gasteiger partial charge in [0.15, 0.2) is 0 Å². The van der Waals surface area contributed by atoms with Gasteiger partial charge in [0.1, 0.15) is 5.75 Å². The molecule has 0 atom stereocenters. The zero-order valence-corrected chi connectivity index (χ0v) is 7.49. The Hall–Kier alpha value is -1.57. The van der Waals surface area contributed by atoms with Gasteiger partial charge in [-0.2, -0.15) is 0 Å². The largest absolute Gasteiger partial charge is 0.508 e. The van der Waals surface area contributed by atoms with Crippen molar-refractivity contribution in [3.63, 3.8) is 0 Å². The first-order valence-electron chi connectivity index (χ1n) is 4.38. The molecule has 1 aromatic heterocycles. The quantitative estimate of drug-likeness (QED) is 0.718. The van der Waals surface area contributed by atoms with Crippen LogP contribution in [0.25, 0.3) is 10.9 Å². The van der Waals surface area contributed by atoms with Crippen LogP contribution in [0.3, 0.4) is 0 Å². The standard InChI is InChI=1S/C11H11NO/c1-2-9-5-3-8-4-6-10(13)7-11(8)12-9/h3-7,13H,2H2,1H3. The maximum atomic E-state index is 9.25. The van der Waals surface area contributed by atoms with E-state index in [0.717, 1.165) is 23.0 Å². The lowest BCUT2D eigenvalue weighted by molar-refractivity contribution is 0.476. The van der Waals surface area contributed by atoms with Crippen molar-refractivity contribution in [1.82, 2.24) is 4.98 Å². The van der Waals surface area contributed by atoms with Crippen LogP contribution < -0.4 is 0 Å². The van der Waals surface area contributed by atoms with Crippen molar-refractivity contribution in [3.05, 3.63) is 36.0 Å². The Morgan fingerprint density at radius 3 is 2.77 bits per heavy atom. The monoisotopic (exact) mass is 173 g/mol. The average molecular weight is 173 g/mol. The van der Waals surface area contributed by atoms with E-state index < -0.39 is 0 Å². The van der Waals surface area contributed by atoms with Gasteiger partial charge < -0.3 is 5.11 Å². The molecule has 2 aromatic rings. The number of aromatic nitrogens is 1. The van der Waals surface area contributed by atoms with Crippen molar-refractivity contribution in [2.24, 2.45) is 0 Å². The molecule has 2 heteroatoms. The molecule has 0 spiro atoms. The number of phenols is 1. The fourth-order valence-corrected chi connectivity index (χ4v) is 1.34. The smallest absolute Gasteiger partial charge is 0.117 e. The molecule has 0 aliphatic carbocycles. The molecule has 0 unspecified atom stereocenters. The van der Waals surface area contributed by atoms with E-state index in [2.05, 4.69) is 11.9 Å². The van der Waals surface area contributed by atoms with E-state index in [1.807, 2.05) is 18.2 Å². The van der Waals surface area contributed by atoms with Crippen molar-refractivity contribution < 1.29 is 5.11 Å². The Balaban J connectivity index is 2.68. The number of hydrogen-bond donors (Lipinski definition) is 1. The van der Waals surface area contributed by atoms with E-state index in [1.54, 1.807) is 12.1 Å². The second kappa shape index (κ2) is 3.05. The summed E-state index contributed by atoms with van der Waals surface area (Å²) in [6, 6.07) is 9.28. The molecule has 1 aromatic carbocycles. The van der Waals surface area contributed by atoms with Crippen LogP contribution >= 0.6 is 0 Å². The molecule has 0 fully saturated rings. The average Bonchev–Trinajstić information content (AvgIpc) is 2.16. The molecule has 66 valence electrons. The van der Waals surface area contributed by atoms with E-state index in [9.17, 15) is 5.11 Å². The van der Waals surface area contributed by atoms with Gasteiger partial charge in [0.25, 0.3) is 0 Å². The highest BCUT2D eigenvalue weighted by Crippen LogP contribution is 2.18. The highest BCUT2D eigenvalue weighted by molar-refractivity contribution is 5.79. The minimum absolute atomic E-state index is 0.272. The highest BCUT2D eigenvalue weighted by atomic mass is 16.3. The summed E-state index contributed by atoms with van der Waals surface area (Å²) in [7, 11) is 0. The number of pyridine rings is 1. The predicted octanol–water partition coefficient (Wildman–Crippen LogP) is 2.50. The Labute approximate surface area is 76.9 Å². The third kappa shape index (κ3) is 1.47. The summed E-state index contributed by atoms with van der Waals surface area (Å²) in [6.45, 7) is 2.07. The summed E-state index contributed by atoms with van der Waals surface area (Å²) in [5, 5.41) is 10.3. The summed E-state index contributed by atoms with van der Waals surface area (Å²) in [4.78, 5) is 4.39. The second-order valence-corrected chi connectivity index (χ2v) is 3.03. The zero-order chi connectivity index (χ0) is 9.26. The topological polar surface area (TPSA) is 33.1 Å². The first kappa shape index (κ1) is 8.05. The van der Waals surface area contributed by atoms with Gasteiger partial charge in [-0.05, 0) is 24.6 Å². The molecular weight excluding hydrogens is 162 g/mol. The maximum absolute atomic E-state index is 9.25. The number of nitrogens with zero attached hydrogens (tertiary/aromatic N) is 1. The van der Waals surface area contributed by atoms with Crippen molar-refractivity contribution in [2.75, 3.05) is 0 Å². The maximum Gasteiger partial charge on any atom is 0.117 e. The molecule has 2 nitrogen and oxygen atoms in total. The second-order valence-electron chi connectivity index (χ2n) is 3.03. The van der Waals surface area contributed by atoms with Gasteiger partial charge in [-0.1, -0.05) is 13.0 Å². The lowest BCUT2D eigenvalue weighted by Gasteiger charge is -2.00. The molecule has 1 N–H and O–H groups in total. The molecule has 0 aliphatic rings. The van der Waals surface area contributed by atoms with Gasteiger partial charge in [-0.3, -0.25) is 4.98 Å². The van der Waals surface area contributed by atoms with Crippen LogP contribution in [0.4, 0.5) is 0 Å². The normalized spacial score (nSPS) is 10.5. The number of phenolic OH excluding ortho intramolecular Hbond substituents is 1. The lowest BCUT2D eigenvalue weighted by atomic mass is 10.2. The van der Waals surface area contributed by atoms with Gasteiger partial charge in [0, 0.05) is 17.1 Å². The number of benzene rings is 1. The van der Waals surface area contributed by atoms with Gasteiger partial charge in [0.05, 0.1) is 5.52 Å². The number of aryl methyl sites for hydroxylation is 1. The SMILES string of the molecule is CCc1ccc2ccc(O)cc2n1. The number of rotatable bonds is 1. The van der Waals surface area contributed by atoms with Crippen molar-refractivity contribution in [2.45, 2.75) is 13.3 Å². The van der Waals surface area contributed by atoms with Crippen LogP contribution in [0.1, 0.15) is 12.6 Å². The minimum atomic E-state index is 0.272. The minimum Gasteiger partial charge on any atom is -0.508 e. The van der Waals surface area contributed by atoms with Crippen molar-refractivity contribution >= 4 is 10.9 Å². The number of aromatic hydroxyl groups is 1. The van der Waals surface area contributed by atoms with Crippen LogP contribution in [-0.4, -0.2) is 10.1 Å². The Kier molecular flexibility index (Phi) is 1.89. The Bertz CT molecular complexity index is 437. The van der Waals surface area contributed by atoms with E-state index in [0.29, 0.717) is 0 Å². The summed E-state index contributed by atoms with van der Waals surface area (Å²) in [6.07, 6.45) is 0.922. The number of hydrogen-bond acceptors (Lipinski definition) is 2. The zero-order valence-electron chi connectivity index (χ0n) is 7.49. The van der Waals surface area contributed by atoms with Crippen LogP contribution in [-0.2, 0) is 6.42 Å². The van der Waals surface area contributed by atoms with Gasteiger partial charge in [0.2, 0.25) is 0 Å². The molecule has 13 heavy (non-hydrogen) atoms. The first-order valence-corrected chi connectivity index (χ1v) is 4.38. The number of fused-ring (bicyclic) bond motifs is 1. The lowest BCUT2D eigenvalue weighted by Crippen LogP contribution is -1.86. The Morgan fingerprint density at radius 2 is 2.00 bits per heavy atom. The molecule has 0 aliphatic heterocycles. The summed E-state index contributed by atoms with van der Waals surface area (Å²) in [5.41, 5.74) is 1.91. The van der Waals surface area contributed by atoms with Gasteiger partial charge in [-0.25, -0.2) is 0 Å². The molecular formula is C11H11NO. The molecule has 2 rings (SSSR count). The fourth-order valence-electron chi connectivity index (χ4n) is 1.34. The molecule has 1 heterocycles. The predicted molar refractivity (Wildman–Crippen MR) is 52.8 cm³/mol. The van der Waals surface area contributed by atoms with E-state index in [4.69, 9.17) is 0 Å². The van der Waals surface area contributed by atoms with Crippen molar-refractivity contribution in [1.29, 1.82) is 0 Å². The van der Waals surface area contributed by atoms with Crippen molar-refractivity contribution in [3.8, 4) is 5.75 Å². The van der Waals surface area contributed by atoms with Gasteiger partial charge >= 0.3 is 0 Å². The van der Waals surface area contributed by atoms with Crippen LogP contribution in [0.5, 0.6) is 5.75 Å². The molecule has 0 radical (unpaired) electrons. The van der Waals surface area contributed by atoms with Crippen LogP contribution in [0, 0.1) is 0 Å². The molecule has 0 amide bonds. The first-order chi connectivity index (χ1) is 6.29. The van der Waals surface area contributed by atoms with E-state index >= 15 is 0 Å². The molecule has 0 bridgehead atoms. The summed E-state index contributed by atoms with van der Waals surface area (Å²) < 4.78 is 0. The Morgan fingerprint density at radius 1 is 1.23 bits per heavy atom. The fraction of sp³-hybridized carbons (Fsp3) is 0.182. The van der Waals surface area contributed by atoms with E-state index in [-0.39, 0.29) is 5.75 Å². The highest BCUT2D eigenvalue weighted by Gasteiger charge is 1.97. The van der Waals surface area contributed by atoms with Crippen LogP contribution in [0.2, 0.25) is 0 Å².